The van der Waals surface area contributed by atoms with Gasteiger partial charge in [0.25, 0.3) is 5.89 Å². The number of rotatable bonds is 6. The second kappa shape index (κ2) is 7.30. The summed E-state index contributed by atoms with van der Waals surface area (Å²) in [5.41, 5.74) is 2.42. The molecule has 0 bridgehead atoms. The second-order valence-corrected chi connectivity index (χ2v) is 8.98. The molecule has 0 aliphatic heterocycles. The van der Waals surface area contributed by atoms with Gasteiger partial charge in [0.15, 0.2) is 0 Å². The standard InChI is InChI=1S/C18H19N3O3S2/c22-26(23,15-8-7-13-4-1-2-5-14(13)12-15)19-10-9-17-20-21-18(24-17)16-6-3-11-25-16/h3,6-8,11-12,19H,1-2,4-5,9-10H2. The normalized spacial score (nSPS) is 14.3. The first-order chi connectivity index (χ1) is 12.6. The third-order valence-electron chi connectivity index (χ3n) is 4.46. The fourth-order valence-electron chi connectivity index (χ4n) is 3.11. The van der Waals surface area contributed by atoms with Crippen LogP contribution in [0.3, 0.4) is 0 Å². The highest BCUT2D eigenvalue weighted by Gasteiger charge is 2.18. The zero-order valence-electron chi connectivity index (χ0n) is 14.1. The summed E-state index contributed by atoms with van der Waals surface area (Å²) < 4.78 is 33.2. The van der Waals surface area contributed by atoms with E-state index in [1.165, 1.54) is 23.3 Å². The summed E-state index contributed by atoms with van der Waals surface area (Å²) in [7, 11) is -3.54. The van der Waals surface area contributed by atoms with Crippen LogP contribution < -0.4 is 4.72 Å². The van der Waals surface area contributed by atoms with Crippen molar-refractivity contribution in [1.82, 2.24) is 14.9 Å². The Labute approximate surface area is 156 Å². The summed E-state index contributed by atoms with van der Waals surface area (Å²) in [6.07, 6.45) is 4.63. The first kappa shape index (κ1) is 17.4. The molecule has 8 heteroatoms. The van der Waals surface area contributed by atoms with Crippen molar-refractivity contribution in [3.63, 3.8) is 0 Å². The van der Waals surface area contributed by atoms with Crippen molar-refractivity contribution in [3.8, 4) is 10.8 Å². The molecule has 2 heterocycles. The van der Waals surface area contributed by atoms with Gasteiger partial charge in [-0.3, -0.25) is 0 Å². The Morgan fingerprint density at radius 3 is 2.77 bits per heavy atom. The predicted molar refractivity (Wildman–Crippen MR) is 99.6 cm³/mol. The van der Waals surface area contributed by atoms with Crippen LogP contribution in [0, 0.1) is 0 Å². The van der Waals surface area contributed by atoms with Crippen molar-refractivity contribution in [2.45, 2.75) is 37.0 Å². The molecule has 6 nitrogen and oxygen atoms in total. The lowest BCUT2D eigenvalue weighted by Gasteiger charge is -2.16. The Hall–Kier alpha value is -2.03. The van der Waals surface area contributed by atoms with E-state index in [9.17, 15) is 8.42 Å². The van der Waals surface area contributed by atoms with Gasteiger partial charge < -0.3 is 4.42 Å². The van der Waals surface area contributed by atoms with Crippen LogP contribution in [0.4, 0.5) is 0 Å². The topological polar surface area (TPSA) is 85.1 Å². The van der Waals surface area contributed by atoms with Crippen LogP contribution >= 0.6 is 11.3 Å². The number of aryl methyl sites for hydroxylation is 2. The molecule has 136 valence electrons. The molecule has 0 atom stereocenters. The maximum absolute atomic E-state index is 12.5. The van der Waals surface area contributed by atoms with Gasteiger partial charge in [-0.2, -0.15) is 0 Å². The Morgan fingerprint density at radius 1 is 1.12 bits per heavy atom. The first-order valence-corrected chi connectivity index (χ1v) is 11.0. The van der Waals surface area contributed by atoms with E-state index in [4.69, 9.17) is 4.42 Å². The van der Waals surface area contributed by atoms with E-state index in [1.807, 2.05) is 23.6 Å². The van der Waals surface area contributed by atoms with Gasteiger partial charge in [0.05, 0.1) is 9.77 Å². The third-order valence-corrected chi connectivity index (χ3v) is 6.78. The quantitative estimate of drug-likeness (QED) is 0.700. The van der Waals surface area contributed by atoms with Crippen LogP contribution in [-0.4, -0.2) is 25.2 Å². The molecule has 1 aliphatic carbocycles. The maximum Gasteiger partial charge on any atom is 0.257 e. The lowest BCUT2D eigenvalue weighted by molar-refractivity contribution is 0.503. The van der Waals surface area contributed by atoms with Crippen LogP contribution in [0.25, 0.3) is 10.8 Å². The van der Waals surface area contributed by atoms with Crippen molar-refractivity contribution in [3.05, 3.63) is 52.7 Å². The molecule has 1 N–H and O–H groups in total. The van der Waals surface area contributed by atoms with Crippen LogP contribution in [0.5, 0.6) is 0 Å². The van der Waals surface area contributed by atoms with E-state index in [-0.39, 0.29) is 6.54 Å². The lowest BCUT2D eigenvalue weighted by atomic mass is 9.92. The number of thiophene rings is 1. The number of aromatic nitrogens is 2. The van der Waals surface area contributed by atoms with E-state index in [2.05, 4.69) is 14.9 Å². The van der Waals surface area contributed by atoms with Crippen molar-refractivity contribution in [2.24, 2.45) is 0 Å². The largest absolute Gasteiger partial charge is 0.420 e. The molecule has 1 aromatic carbocycles. The van der Waals surface area contributed by atoms with Gasteiger partial charge >= 0.3 is 0 Å². The Kier molecular flexibility index (Phi) is 4.88. The van der Waals surface area contributed by atoms with Crippen molar-refractivity contribution < 1.29 is 12.8 Å². The van der Waals surface area contributed by atoms with E-state index < -0.39 is 10.0 Å². The van der Waals surface area contributed by atoms with Crippen LogP contribution in [0.2, 0.25) is 0 Å². The van der Waals surface area contributed by atoms with E-state index >= 15 is 0 Å². The Balaban J connectivity index is 1.39. The second-order valence-electron chi connectivity index (χ2n) is 6.26. The van der Waals surface area contributed by atoms with E-state index in [0.717, 1.165) is 29.7 Å². The van der Waals surface area contributed by atoms with Gasteiger partial charge in [0.1, 0.15) is 0 Å². The molecule has 2 aromatic heterocycles. The highest BCUT2D eigenvalue weighted by molar-refractivity contribution is 7.89. The summed E-state index contributed by atoms with van der Waals surface area (Å²) in [6.45, 7) is 0.214. The summed E-state index contributed by atoms with van der Waals surface area (Å²) in [5, 5.41) is 9.91. The number of fused-ring (bicyclic) bond motifs is 1. The molecule has 0 fully saturated rings. The molecule has 3 aromatic rings. The fourth-order valence-corrected chi connectivity index (χ4v) is 4.83. The minimum Gasteiger partial charge on any atom is -0.420 e. The smallest absolute Gasteiger partial charge is 0.257 e. The van der Waals surface area contributed by atoms with E-state index in [0.29, 0.717) is 23.1 Å². The molecule has 26 heavy (non-hydrogen) atoms. The number of sulfonamides is 1. The van der Waals surface area contributed by atoms with Crippen LogP contribution in [-0.2, 0) is 29.3 Å². The molecular formula is C18H19N3O3S2. The molecule has 0 saturated carbocycles. The lowest BCUT2D eigenvalue weighted by Crippen LogP contribution is -2.26. The van der Waals surface area contributed by atoms with Gasteiger partial charge in [-0.1, -0.05) is 12.1 Å². The number of nitrogens with zero attached hydrogens (tertiary/aromatic N) is 2. The molecule has 1 aliphatic rings. The average molecular weight is 390 g/mol. The molecule has 4 rings (SSSR count). The van der Waals surface area contributed by atoms with Crippen molar-refractivity contribution >= 4 is 21.4 Å². The minimum absolute atomic E-state index is 0.214. The van der Waals surface area contributed by atoms with Gasteiger partial charge in [0, 0.05) is 13.0 Å². The van der Waals surface area contributed by atoms with Crippen LogP contribution in [0.15, 0.2) is 45.0 Å². The summed E-state index contributed by atoms with van der Waals surface area (Å²) in [6, 6.07) is 9.25. The monoisotopic (exact) mass is 389 g/mol. The number of hydrogen-bond acceptors (Lipinski definition) is 6. The first-order valence-electron chi connectivity index (χ1n) is 8.59. The molecule has 0 radical (unpaired) electrons. The van der Waals surface area contributed by atoms with Gasteiger partial charge in [0.2, 0.25) is 15.9 Å². The number of benzene rings is 1. The predicted octanol–water partition coefficient (Wildman–Crippen LogP) is 3.20. The maximum atomic E-state index is 12.5. The number of nitrogens with one attached hydrogen (secondary N) is 1. The SMILES string of the molecule is O=S(=O)(NCCc1nnc(-c2cccs2)o1)c1ccc2c(c1)CCCC2. The molecular weight excluding hydrogens is 370 g/mol. The minimum atomic E-state index is -3.54. The highest BCUT2D eigenvalue weighted by Crippen LogP contribution is 2.24. The van der Waals surface area contributed by atoms with Gasteiger partial charge in [-0.15, -0.1) is 21.5 Å². The summed E-state index contributed by atoms with van der Waals surface area (Å²) >= 11 is 1.52. The number of hydrogen-bond donors (Lipinski definition) is 1. The molecule has 0 amide bonds. The zero-order valence-corrected chi connectivity index (χ0v) is 15.8. The van der Waals surface area contributed by atoms with Crippen molar-refractivity contribution in [1.29, 1.82) is 0 Å². The fraction of sp³-hybridized carbons (Fsp3) is 0.333. The third kappa shape index (κ3) is 3.72. The van der Waals surface area contributed by atoms with Gasteiger partial charge in [-0.25, -0.2) is 13.1 Å². The molecule has 0 saturated heterocycles. The molecule has 0 unspecified atom stereocenters. The van der Waals surface area contributed by atoms with Crippen LogP contribution in [0.1, 0.15) is 29.9 Å². The Morgan fingerprint density at radius 2 is 1.96 bits per heavy atom. The van der Waals surface area contributed by atoms with E-state index in [1.54, 1.807) is 12.1 Å². The van der Waals surface area contributed by atoms with Gasteiger partial charge in [-0.05, 0) is 60.4 Å². The zero-order chi connectivity index (χ0) is 18.0. The summed E-state index contributed by atoms with van der Waals surface area (Å²) in [5.74, 6) is 0.883. The average Bonchev–Trinajstić information content (AvgIpc) is 3.32. The highest BCUT2D eigenvalue weighted by atomic mass is 32.2. The summed E-state index contributed by atoms with van der Waals surface area (Å²) in [4.78, 5) is 1.22. The molecule has 0 spiro atoms. The Bertz CT molecular complexity index is 995. The van der Waals surface area contributed by atoms with Crippen molar-refractivity contribution in [2.75, 3.05) is 6.54 Å².